The fraction of sp³-hybridized carbons (Fsp3) is 0.385. The number of carboxylic acid groups (broad SMARTS) is 1. The van der Waals surface area contributed by atoms with Crippen molar-refractivity contribution < 1.29 is 24.2 Å². The van der Waals surface area contributed by atoms with Crippen LogP contribution in [-0.2, 0) is 0 Å². The molecule has 6 heteroatoms. The van der Waals surface area contributed by atoms with Gasteiger partial charge in [-0.2, -0.15) is 0 Å². The Labute approximate surface area is 110 Å². The summed E-state index contributed by atoms with van der Waals surface area (Å²) in [7, 11) is 0. The summed E-state index contributed by atoms with van der Waals surface area (Å²) >= 11 is 0. The topological polar surface area (TPSA) is 86.6 Å². The van der Waals surface area contributed by atoms with Crippen LogP contribution in [0.2, 0.25) is 0 Å². The molecule has 0 radical (unpaired) electrons. The van der Waals surface area contributed by atoms with Gasteiger partial charge in [0.25, 0.3) is 5.91 Å². The van der Waals surface area contributed by atoms with Crippen LogP contribution in [0.25, 0.3) is 0 Å². The normalized spacial score (nSPS) is 11.2. The Bertz CT molecular complexity index is 499. The maximum absolute atomic E-state index is 13.6. The molecule has 1 aromatic rings. The van der Waals surface area contributed by atoms with Gasteiger partial charge in [-0.15, -0.1) is 0 Å². The summed E-state index contributed by atoms with van der Waals surface area (Å²) in [5.41, 5.74) is -1.12. The second kappa shape index (κ2) is 5.79. The molecule has 0 atom stereocenters. The molecule has 1 aromatic carbocycles. The van der Waals surface area contributed by atoms with Gasteiger partial charge in [0, 0.05) is 12.1 Å². The van der Waals surface area contributed by atoms with E-state index in [2.05, 4.69) is 5.32 Å². The van der Waals surface area contributed by atoms with Crippen molar-refractivity contribution in [1.82, 2.24) is 5.32 Å². The zero-order valence-electron chi connectivity index (χ0n) is 10.7. The fourth-order valence-corrected chi connectivity index (χ4v) is 1.55. The maximum Gasteiger partial charge on any atom is 0.335 e. The third-order valence-electron chi connectivity index (χ3n) is 2.65. The molecule has 0 bridgehead atoms. The van der Waals surface area contributed by atoms with E-state index in [1.54, 1.807) is 13.8 Å². The summed E-state index contributed by atoms with van der Waals surface area (Å²) in [5, 5.41) is 20.1. The SMILES string of the molecule is CC(C)(CCO)NC(=O)c1ccc(C(=O)O)cc1F. The van der Waals surface area contributed by atoms with Gasteiger partial charge in [-0.25, -0.2) is 9.18 Å². The molecule has 104 valence electrons. The lowest BCUT2D eigenvalue weighted by Crippen LogP contribution is -2.44. The molecule has 5 nitrogen and oxygen atoms in total. The van der Waals surface area contributed by atoms with E-state index < -0.39 is 23.2 Å². The summed E-state index contributed by atoms with van der Waals surface area (Å²) in [4.78, 5) is 22.5. The van der Waals surface area contributed by atoms with Crippen LogP contribution in [0.5, 0.6) is 0 Å². The van der Waals surface area contributed by atoms with E-state index in [1.807, 2.05) is 0 Å². The molecule has 0 heterocycles. The van der Waals surface area contributed by atoms with Crippen molar-refractivity contribution in [3.05, 3.63) is 35.1 Å². The summed E-state index contributed by atoms with van der Waals surface area (Å²) in [6.07, 6.45) is 0.327. The number of rotatable bonds is 5. The summed E-state index contributed by atoms with van der Waals surface area (Å²) in [6.45, 7) is 3.29. The molecule has 3 N–H and O–H groups in total. The number of hydrogen-bond acceptors (Lipinski definition) is 3. The Morgan fingerprint density at radius 1 is 1.37 bits per heavy atom. The number of carbonyl (C=O) groups is 2. The Balaban J connectivity index is 2.92. The minimum Gasteiger partial charge on any atom is -0.478 e. The predicted molar refractivity (Wildman–Crippen MR) is 66.6 cm³/mol. The molecule has 0 saturated carbocycles. The highest BCUT2D eigenvalue weighted by Crippen LogP contribution is 2.14. The van der Waals surface area contributed by atoms with Crippen LogP contribution >= 0.6 is 0 Å². The number of amides is 1. The van der Waals surface area contributed by atoms with Gasteiger partial charge in [0.15, 0.2) is 0 Å². The highest BCUT2D eigenvalue weighted by Gasteiger charge is 2.22. The first-order valence-corrected chi connectivity index (χ1v) is 5.73. The molecule has 0 aromatic heterocycles. The summed E-state index contributed by atoms with van der Waals surface area (Å²) < 4.78 is 13.6. The molecule has 0 fully saturated rings. The van der Waals surface area contributed by atoms with E-state index in [0.29, 0.717) is 6.42 Å². The third-order valence-corrected chi connectivity index (χ3v) is 2.65. The zero-order valence-corrected chi connectivity index (χ0v) is 10.7. The number of aliphatic hydroxyl groups excluding tert-OH is 1. The van der Waals surface area contributed by atoms with Crippen molar-refractivity contribution in [2.45, 2.75) is 25.8 Å². The molecule has 0 unspecified atom stereocenters. The van der Waals surface area contributed by atoms with Gasteiger partial charge >= 0.3 is 5.97 Å². The van der Waals surface area contributed by atoms with Crippen LogP contribution in [0.3, 0.4) is 0 Å². The van der Waals surface area contributed by atoms with Crippen molar-refractivity contribution in [3.63, 3.8) is 0 Å². The highest BCUT2D eigenvalue weighted by molar-refractivity contribution is 5.96. The minimum absolute atomic E-state index is 0.103. The van der Waals surface area contributed by atoms with Gasteiger partial charge in [0.05, 0.1) is 11.1 Å². The number of nitrogens with one attached hydrogen (secondary N) is 1. The molecule has 0 aliphatic rings. The third kappa shape index (κ3) is 4.03. The van der Waals surface area contributed by atoms with E-state index in [4.69, 9.17) is 10.2 Å². The first kappa shape index (κ1) is 15.1. The first-order chi connectivity index (χ1) is 8.76. The average Bonchev–Trinajstić information content (AvgIpc) is 2.27. The van der Waals surface area contributed by atoms with Crippen molar-refractivity contribution >= 4 is 11.9 Å². The molecule has 1 rings (SSSR count). The van der Waals surface area contributed by atoms with E-state index in [1.165, 1.54) is 6.07 Å². The lowest BCUT2D eigenvalue weighted by molar-refractivity contribution is 0.0695. The van der Waals surface area contributed by atoms with Gasteiger partial charge in [-0.1, -0.05) is 0 Å². The van der Waals surface area contributed by atoms with Crippen molar-refractivity contribution in [1.29, 1.82) is 0 Å². The number of aromatic carboxylic acids is 1. The number of aliphatic hydroxyl groups is 1. The second-order valence-corrected chi connectivity index (χ2v) is 4.81. The quantitative estimate of drug-likeness (QED) is 0.754. The molecule has 1 amide bonds. The van der Waals surface area contributed by atoms with Crippen LogP contribution in [-0.4, -0.2) is 34.2 Å². The van der Waals surface area contributed by atoms with Crippen LogP contribution in [0.1, 0.15) is 41.0 Å². The van der Waals surface area contributed by atoms with Crippen LogP contribution in [0, 0.1) is 5.82 Å². The van der Waals surface area contributed by atoms with E-state index >= 15 is 0 Å². The summed E-state index contributed by atoms with van der Waals surface area (Å²) in [6, 6.07) is 3.10. The van der Waals surface area contributed by atoms with E-state index in [9.17, 15) is 14.0 Å². The van der Waals surface area contributed by atoms with E-state index in [-0.39, 0.29) is 17.7 Å². The van der Waals surface area contributed by atoms with Gasteiger partial charge in [-0.05, 0) is 38.5 Å². The van der Waals surface area contributed by atoms with Crippen LogP contribution in [0.4, 0.5) is 4.39 Å². The Morgan fingerprint density at radius 2 is 2.00 bits per heavy atom. The number of hydrogen-bond donors (Lipinski definition) is 3. The smallest absolute Gasteiger partial charge is 0.335 e. The molecule has 0 saturated heterocycles. The van der Waals surface area contributed by atoms with Gasteiger partial charge in [0.2, 0.25) is 0 Å². The van der Waals surface area contributed by atoms with Gasteiger partial charge in [-0.3, -0.25) is 4.79 Å². The number of carbonyl (C=O) groups excluding carboxylic acids is 1. The zero-order chi connectivity index (χ0) is 14.6. The summed E-state index contributed by atoms with van der Waals surface area (Å²) in [5.74, 6) is -2.79. The van der Waals surface area contributed by atoms with Crippen LogP contribution < -0.4 is 5.32 Å². The van der Waals surface area contributed by atoms with Crippen LogP contribution in [0.15, 0.2) is 18.2 Å². The lowest BCUT2D eigenvalue weighted by atomic mass is 10.00. The van der Waals surface area contributed by atoms with E-state index in [0.717, 1.165) is 12.1 Å². The molecular weight excluding hydrogens is 253 g/mol. The molecular formula is C13H16FNO4. The average molecular weight is 269 g/mol. The predicted octanol–water partition coefficient (Wildman–Crippen LogP) is 1.41. The lowest BCUT2D eigenvalue weighted by Gasteiger charge is -2.25. The Morgan fingerprint density at radius 3 is 2.47 bits per heavy atom. The highest BCUT2D eigenvalue weighted by atomic mass is 19.1. The number of carboxylic acids is 1. The number of halogens is 1. The fourth-order valence-electron chi connectivity index (χ4n) is 1.55. The molecule has 0 aliphatic carbocycles. The van der Waals surface area contributed by atoms with Gasteiger partial charge in [0.1, 0.15) is 5.82 Å². The van der Waals surface area contributed by atoms with Crippen molar-refractivity contribution in [2.75, 3.05) is 6.61 Å². The molecule has 19 heavy (non-hydrogen) atoms. The monoisotopic (exact) mass is 269 g/mol. The minimum atomic E-state index is -1.26. The second-order valence-electron chi connectivity index (χ2n) is 4.81. The largest absolute Gasteiger partial charge is 0.478 e. The molecule has 0 aliphatic heterocycles. The van der Waals surface area contributed by atoms with Crippen molar-refractivity contribution in [3.8, 4) is 0 Å². The Hall–Kier alpha value is -1.95. The number of benzene rings is 1. The first-order valence-electron chi connectivity index (χ1n) is 5.73. The maximum atomic E-state index is 13.6. The van der Waals surface area contributed by atoms with Crippen molar-refractivity contribution in [2.24, 2.45) is 0 Å². The standard InChI is InChI=1S/C13H16FNO4/c1-13(2,5-6-16)15-11(17)9-4-3-8(12(18)19)7-10(9)14/h3-4,7,16H,5-6H2,1-2H3,(H,15,17)(H,18,19). The van der Waals surface area contributed by atoms with Gasteiger partial charge < -0.3 is 15.5 Å². The molecule has 0 spiro atoms. The Kier molecular flexibility index (Phi) is 4.61.